The molecule has 100 valence electrons. The summed E-state index contributed by atoms with van der Waals surface area (Å²) in [5.74, 6) is 0.127. The average molecular weight is 253 g/mol. The summed E-state index contributed by atoms with van der Waals surface area (Å²) >= 11 is 0. The molecule has 1 aromatic rings. The van der Waals surface area contributed by atoms with Gasteiger partial charge in [-0.25, -0.2) is 4.79 Å². The number of methoxy groups -OCH3 is 1. The number of benzene rings is 1. The first-order valence-corrected chi connectivity index (χ1v) is 5.87. The van der Waals surface area contributed by atoms with E-state index in [0.717, 1.165) is 13.0 Å². The molecular formula is C13H19NO4. The minimum Gasteiger partial charge on any atom is -0.489 e. The summed E-state index contributed by atoms with van der Waals surface area (Å²) in [6.45, 7) is 3.72. The standard InChI is InChI=1S/C13H19NO4/c1-3-6-17-7-8-18-12-5-4-10(9-11(12)14)13(15)16-2/h4-5,9H,3,6-8,14H2,1-2H3. The van der Waals surface area contributed by atoms with Crippen LogP contribution in [0.15, 0.2) is 18.2 Å². The second-order valence-corrected chi connectivity index (χ2v) is 3.71. The zero-order valence-corrected chi connectivity index (χ0v) is 10.8. The van der Waals surface area contributed by atoms with Crippen LogP contribution >= 0.6 is 0 Å². The third-order valence-electron chi connectivity index (χ3n) is 2.26. The van der Waals surface area contributed by atoms with Crippen LogP contribution in [0.4, 0.5) is 5.69 Å². The Morgan fingerprint density at radius 1 is 1.28 bits per heavy atom. The number of carbonyl (C=O) groups excluding carboxylic acids is 1. The van der Waals surface area contributed by atoms with Crippen molar-refractivity contribution >= 4 is 11.7 Å². The summed E-state index contributed by atoms with van der Waals surface area (Å²) in [6.07, 6.45) is 0.982. The molecule has 0 saturated carbocycles. The molecule has 1 aromatic carbocycles. The van der Waals surface area contributed by atoms with Crippen LogP contribution in [-0.4, -0.2) is 32.9 Å². The first-order valence-electron chi connectivity index (χ1n) is 5.87. The monoisotopic (exact) mass is 253 g/mol. The van der Waals surface area contributed by atoms with Crippen molar-refractivity contribution in [3.05, 3.63) is 23.8 Å². The Bertz CT molecular complexity index is 393. The molecule has 5 nitrogen and oxygen atoms in total. The third kappa shape index (κ3) is 4.25. The minimum atomic E-state index is -0.417. The van der Waals surface area contributed by atoms with Crippen LogP contribution in [0.1, 0.15) is 23.7 Å². The van der Waals surface area contributed by atoms with Gasteiger partial charge in [-0.15, -0.1) is 0 Å². The number of ether oxygens (including phenoxy) is 3. The van der Waals surface area contributed by atoms with Crippen molar-refractivity contribution in [3.8, 4) is 5.75 Å². The normalized spacial score (nSPS) is 10.1. The zero-order valence-electron chi connectivity index (χ0n) is 10.8. The molecule has 0 radical (unpaired) electrons. The maximum Gasteiger partial charge on any atom is 0.337 e. The number of hydrogen-bond acceptors (Lipinski definition) is 5. The smallest absolute Gasteiger partial charge is 0.337 e. The quantitative estimate of drug-likeness (QED) is 0.456. The highest BCUT2D eigenvalue weighted by molar-refractivity contribution is 5.90. The molecule has 18 heavy (non-hydrogen) atoms. The Morgan fingerprint density at radius 3 is 2.67 bits per heavy atom. The van der Waals surface area contributed by atoms with E-state index in [1.54, 1.807) is 12.1 Å². The summed E-state index contributed by atoms with van der Waals surface area (Å²) in [4.78, 5) is 11.3. The Hall–Kier alpha value is -1.75. The molecule has 0 heterocycles. The van der Waals surface area contributed by atoms with Gasteiger partial charge in [-0.3, -0.25) is 0 Å². The lowest BCUT2D eigenvalue weighted by molar-refractivity contribution is 0.0600. The van der Waals surface area contributed by atoms with Gasteiger partial charge in [0, 0.05) is 6.61 Å². The largest absolute Gasteiger partial charge is 0.489 e. The molecule has 5 heteroatoms. The summed E-state index contributed by atoms with van der Waals surface area (Å²) < 4.78 is 15.3. The highest BCUT2D eigenvalue weighted by atomic mass is 16.5. The van der Waals surface area contributed by atoms with E-state index in [0.29, 0.717) is 30.2 Å². The number of hydrogen-bond donors (Lipinski definition) is 1. The maximum absolute atomic E-state index is 11.3. The molecule has 0 unspecified atom stereocenters. The Balaban J connectivity index is 2.49. The van der Waals surface area contributed by atoms with E-state index in [2.05, 4.69) is 4.74 Å². The second-order valence-electron chi connectivity index (χ2n) is 3.71. The van der Waals surface area contributed by atoms with Crippen molar-refractivity contribution in [2.45, 2.75) is 13.3 Å². The highest BCUT2D eigenvalue weighted by Crippen LogP contribution is 2.22. The van der Waals surface area contributed by atoms with Crippen LogP contribution in [0, 0.1) is 0 Å². The van der Waals surface area contributed by atoms with E-state index in [1.165, 1.54) is 13.2 Å². The minimum absolute atomic E-state index is 0.407. The van der Waals surface area contributed by atoms with Crippen LogP contribution in [0.2, 0.25) is 0 Å². The van der Waals surface area contributed by atoms with E-state index >= 15 is 0 Å². The first-order chi connectivity index (χ1) is 8.69. The highest BCUT2D eigenvalue weighted by Gasteiger charge is 2.08. The van der Waals surface area contributed by atoms with Gasteiger partial charge in [-0.1, -0.05) is 6.92 Å². The topological polar surface area (TPSA) is 70.8 Å². The Morgan fingerprint density at radius 2 is 2.06 bits per heavy atom. The maximum atomic E-state index is 11.3. The SMILES string of the molecule is CCCOCCOc1ccc(C(=O)OC)cc1N. The number of nitrogens with two attached hydrogens (primary N) is 1. The summed E-state index contributed by atoms with van der Waals surface area (Å²) in [7, 11) is 1.33. The van der Waals surface area contributed by atoms with Gasteiger partial charge < -0.3 is 19.9 Å². The average Bonchev–Trinajstić information content (AvgIpc) is 2.39. The fourth-order valence-corrected chi connectivity index (χ4v) is 1.38. The molecule has 0 amide bonds. The van der Waals surface area contributed by atoms with E-state index < -0.39 is 5.97 Å². The number of anilines is 1. The van der Waals surface area contributed by atoms with Gasteiger partial charge in [0.25, 0.3) is 0 Å². The predicted molar refractivity (Wildman–Crippen MR) is 68.8 cm³/mol. The molecule has 0 aliphatic heterocycles. The van der Waals surface area contributed by atoms with Gasteiger partial charge in [0.15, 0.2) is 0 Å². The summed E-state index contributed by atoms with van der Waals surface area (Å²) in [5, 5.41) is 0. The van der Waals surface area contributed by atoms with E-state index in [9.17, 15) is 4.79 Å². The zero-order chi connectivity index (χ0) is 13.4. The lowest BCUT2D eigenvalue weighted by Crippen LogP contribution is -2.09. The van der Waals surface area contributed by atoms with Crippen LogP contribution in [0.25, 0.3) is 0 Å². The fourth-order valence-electron chi connectivity index (χ4n) is 1.38. The molecule has 0 aromatic heterocycles. The third-order valence-corrected chi connectivity index (χ3v) is 2.26. The molecular weight excluding hydrogens is 234 g/mol. The van der Waals surface area contributed by atoms with Crippen molar-refractivity contribution < 1.29 is 19.0 Å². The lowest BCUT2D eigenvalue weighted by atomic mass is 10.2. The molecule has 2 N–H and O–H groups in total. The number of nitrogen functional groups attached to an aromatic ring is 1. The Labute approximate surface area is 107 Å². The molecule has 0 aliphatic carbocycles. The molecule has 0 spiro atoms. The van der Waals surface area contributed by atoms with Crippen LogP contribution in [0.3, 0.4) is 0 Å². The van der Waals surface area contributed by atoms with Gasteiger partial charge in [0.05, 0.1) is 25.0 Å². The molecule has 0 atom stereocenters. The number of esters is 1. The van der Waals surface area contributed by atoms with Crippen LogP contribution in [-0.2, 0) is 9.47 Å². The fraction of sp³-hybridized carbons (Fsp3) is 0.462. The lowest BCUT2D eigenvalue weighted by Gasteiger charge is -2.10. The first kappa shape index (κ1) is 14.3. The van der Waals surface area contributed by atoms with Gasteiger partial charge in [0.2, 0.25) is 0 Å². The van der Waals surface area contributed by atoms with Crippen molar-refractivity contribution in [2.24, 2.45) is 0 Å². The van der Waals surface area contributed by atoms with Gasteiger partial charge in [0.1, 0.15) is 12.4 Å². The van der Waals surface area contributed by atoms with Crippen LogP contribution < -0.4 is 10.5 Å². The number of carbonyl (C=O) groups is 1. The van der Waals surface area contributed by atoms with Crippen molar-refractivity contribution in [1.82, 2.24) is 0 Å². The van der Waals surface area contributed by atoms with E-state index in [1.807, 2.05) is 6.92 Å². The van der Waals surface area contributed by atoms with Gasteiger partial charge >= 0.3 is 5.97 Å². The summed E-state index contributed by atoms with van der Waals surface area (Å²) in [6, 6.07) is 4.81. The van der Waals surface area contributed by atoms with Crippen molar-refractivity contribution in [1.29, 1.82) is 0 Å². The summed E-state index contributed by atoms with van der Waals surface area (Å²) in [5.41, 5.74) is 6.60. The molecule has 0 saturated heterocycles. The van der Waals surface area contributed by atoms with Crippen LogP contribution in [0.5, 0.6) is 5.75 Å². The van der Waals surface area contributed by atoms with E-state index in [-0.39, 0.29) is 0 Å². The van der Waals surface area contributed by atoms with Gasteiger partial charge in [-0.2, -0.15) is 0 Å². The van der Waals surface area contributed by atoms with Crippen molar-refractivity contribution in [2.75, 3.05) is 32.7 Å². The van der Waals surface area contributed by atoms with Gasteiger partial charge in [-0.05, 0) is 24.6 Å². The number of rotatable bonds is 7. The van der Waals surface area contributed by atoms with E-state index in [4.69, 9.17) is 15.2 Å². The molecule has 0 aliphatic rings. The van der Waals surface area contributed by atoms with Crippen molar-refractivity contribution in [3.63, 3.8) is 0 Å². The molecule has 0 bridgehead atoms. The molecule has 0 fully saturated rings. The predicted octanol–water partition coefficient (Wildman–Crippen LogP) is 1.86. The Kier molecular flexibility index (Phi) is 6.00. The second kappa shape index (κ2) is 7.55. The molecule has 1 rings (SSSR count).